The summed E-state index contributed by atoms with van der Waals surface area (Å²) in [7, 11) is 1.33. The number of aryl methyl sites for hydroxylation is 1. The smallest absolute Gasteiger partial charge is 0.381 e. The number of rotatable bonds is 6. The molecule has 2 atom stereocenters. The van der Waals surface area contributed by atoms with Crippen LogP contribution in [0.15, 0.2) is 27.5 Å². The van der Waals surface area contributed by atoms with Crippen LogP contribution < -0.4 is 21.0 Å². The van der Waals surface area contributed by atoms with Crippen LogP contribution in [0.25, 0.3) is 5.13 Å². The molecule has 1 aliphatic carbocycles. The summed E-state index contributed by atoms with van der Waals surface area (Å²) >= 11 is 1.12. The topological polar surface area (TPSA) is 144 Å². The highest BCUT2D eigenvalue weighted by Gasteiger charge is 2.30. The van der Waals surface area contributed by atoms with E-state index in [0.29, 0.717) is 11.6 Å². The van der Waals surface area contributed by atoms with Crippen molar-refractivity contribution < 1.29 is 19.1 Å². The standard InChI is InChI=1S/C17H18N6O5S/c1-8-5-6-18-23(8)17-22-21-16(29-17)20-14(25)12-7-10(13(27-2)15(26)28-12)19-9-3-4-11(9)24/h5-7,9,11,19,24H,3-4H2,1-2H3,(H,20,21,25)/t9-,11-/m0/s1. The molecular weight excluding hydrogens is 400 g/mol. The summed E-state index contributed by atoms with van der Waals surface area (Å²) in [4.78, 5) is 24.8. The van der Waals surface area contributed by atoms with Crippen LogP contribution in [0.1, 0.15) is 29.1 Å². The molecule has 0 bridgehead atoms. The number of nitrogens with zero attached hydrogens (tertiary/aromatic N) is 4. The third kappa shape index (κ3) is 3.71. The van der Waals surface area contributed by atoms with Crippen molar-refractivity contribution in [2.24, 2.45) is 0 Å². The Bertz CT molecular complexity index is 1110. The molecule has 11 nitrogen and oxygen atoms in total. The van der Waals surface area contributed by atoms with Crippen molar-refractivity contribution in [3.63, 3.8) is 0 Å². The molecule has 1 saturated carbocycles. The number of amides is 1. The lowest BCUT2D eigenvalue weighted by molar-refractivity contribution is 0.0784. The lowest BCUT2D eigenvalue weighted by Gasteiger charge is -2.34. The number of nitrogens with one attached hydrogen (secondary N) is 2. The van der Waals surface area contributed by atoms with Gasteiger partial charge in [0.25, 0.3) is 5.91 Å². The summed E-state index contributed by atoms with van der Waals surface area (Å²) in [6.45, 7) is 1.87. The summed E-state index contributed by atoms with van der Waals surface area (Å²) in [6.07, 6.45) is 2.53. The number of aliphatic hydroxyl groups is 1. The first-order valence-electron chi connectivity index (χ1n) is 8.79. The molecule has 1 amide bonds. The second-order valence-electron chi connectivity index (χ2n) is 6.47. The molecule has 0 aromatic carbocycles. The normalized spacial score (nSPS) is 18.2. The Hall–Kier alpha value is -3.25. The highest BCUT2D eigenvalue weighted by molar-refractivity contribution is 7.17. The Kier molecular flexibility index (Phi) is 5.03. The molecule has 0 saturated heterocycles. The van der Waals surface area contributed by atoms with Crippen molar-refractivity contribution in [1.82, 2.24) is 20.0 Å². The first kappa shape index (κ1) is 19.1. The van der Waals surface area contributed by atoms with Crippen molar-refractivity contribution in [3.8, 4) is 10.9 Å². The summed E-state index contributed by atoms with van der Waals surface area (Å²) < 4.78 is 11.7. The number of carbonyl (C=O) groups is 1. The van der Waals surface area contributed by atoms with Crippen LogP contribution in [0.4, 0.5) is 10.8 Å². The van der Waals surface area contributed by atoms with Crippen LogP contribution in [0.3, 0.4) is 0 Å². The van der Waals surface area contributed by atoms with Crippen molar-refractivity contribution in [3.05, 3.63) is 40.2 Å². The molecule has 1 aliphatic rings. The fourth-order valence-electron chi connectivity index (χ4n) is 2.83. The van der Waals surface area contributed by atoms with E-state index in [2.05, 4.69) is 25.9 Å². The lowest BCUT2D eigenvalue weighted by Crippen LogP contribution is -2.43. The second-order valence-corrected chi connectivity index (χ2v) is 7.42. The lowest BCUT2D eigenvalue weighted by atomic mass is 9.89. The van der Waals surface area contributed by atoms with Gasteiger partial charge in [0.05, 0.1) is 24.9 Å². The van der Waals surface area contributed by atoms with Gasteiger partial charge in [-0.05, 0) is 25.8 Å². The molecule has 3 aromatic rings. The van der Waals surface area contributed by atoms with E-state index in [4.69, 9.17) is 9.15 Å². The number of carbonyl (C=O) groups excluding carboxylic acids is 1. The van der Waals surface area contributed by atoms with Gasteiger partial charge in [-0.15, -0.1) is 10.2 Å². The van der Waals surface area contributed by atoms with Gasteiger partial charge in [0.1, 0.15) is 0 Å². The third-order valence-corrected chi connectivity index (χ3v) is 5.38. The predicted molar refractivity (Wildman–Crippen MR) is 104 cm³/mol. The van der Waals surface area contributed by atoms with Gasteiger partial charge in [0.2, 0.25) is 16.0 Å². The minimum atomic E-state index is -0.804. The number of ether oxygens (including phenoxy) is 1. The van der Waals surface area contributed by atoms with Crippen LogP contribution in [0.5, 0.6) is 5.75 Å². The van der Waals surface area contributed by atoms with Gasteiger partial charge in [0, 0.05) is 18.0 Å². The molecule has 1 fully saturated rings. The Morgan fingerprint density at radius 2 is 2.24 bits per heavy atom. The molecule has 3 aromatic heterocycles. The first-order chi connectivity index (χ1) is 14.0. The van der Waals surface area contributed by atoms with Gasteiger partial charge in [-0.25, -0.2) is 9.48 Å². The number of hydrogen-bond acceptors (Lipinski definition) is 10. The van der Waals surface area contributed by atoms with Crippen molar-refractivity contribution in [2.45, 2.75) is 31.9 Å². The van der Waals surface area contributed by atoms with Gasteiger partial charge in [-0.3, -0.25) is 10.1 Å². The molecule has 0 aliphatic heterocycles. The Labute approximate surface area is 168 Å². The van der Waals surface area contributed by atoms with E-state index in [1.54, 1.807) is 10.9 Å². The largest absolute Gasteiger partial charge is 0.488 e. The Balaban J connectivity index is 1.55. The van der Waals surface area contributed by atoms with Gasteiger partial charge in [-0.1, -0.05) is 11.3 Å². The van der Waals surface area contributed by atoms with Crippen LogP contribution in [-0.2, 0) is 0 Å². The summed E-state index contributed by atoms with van der Waals surface area (Å²) in [5, 5.41) is 28.1. The van der Waals surface area contributed by atoms with Gasteiger partial charge in [0.15, 0.2) is 5.76 Å². The fraction of sp³-hybridized carbons (Fsp3) is 0.353. The number of aliphatic hydroxyl groups excluding tert-OH is 1. The molecular formula is C17H18N6O5S. The van der Waals surface area contributed by atoms with Crippen molar-refractivity contribution in [2.75, 3.05) is 17.7 Å². The zero-order valence-corrected chi connectivity index (χ0v) is 16.4. The first-order valence-corrected chi connectivity index (χ1v) is 9.60. The van der Waals surface area contributed by atoms with Crippen LogP contribution in [-0.4, -0.2) is 50.2 Å². The highest BCUT2D eigenvalue weighted by atomic mass is 32.1. The van der Waals surface area contributed by atoms with Gasteiger partial charge in [-0.2, -0.15) is 5.10 Å². The zero-order valence-electron chi connectivity index (χ0n) is 15.6. The molecule has 3 heterocycles. The Morgan fingerprint density at radius 3 is 2.86 bits per heavy atom. The number of methoxy groups -OCH3 is 1. The average Bonchev–Trinajstić information content (AvgIpc) is 3.33. The second kappa shape index (κ2) is 7.64. The molecule has 4 rings (SSSR count). The molecule has 0 spiro atoms. The SMILES string of the molecule is COc1c(N[C@H]2CC[C@@H]2O)cc(C(=O)Nc2nnc(-n3nccc3C)s2)oc1=O. The number of aromatic nitrogens is 4. The average molecular weight is 418 g/mol. The van der Waals surface area contributed by atoms with E-state index in [-0.39, 0.29) is 28.4 Å². The van der Waals surface area contributed by atoms with E-state index in [1.807, 2.05) is 13.0 Å². The maximum Gasteiger partial charge on any atom is 0.381 e. The number of hydrogen-bond donors (Lipinski definition) is 3. The molecule has 12 heteroatoms. The quantitative estimate of drug-likeness (QED) is 0.537. The van der Waals surface area contributed by atoms with Crippen LogP contribution in [0.2, 0.25) is 0 Å². The van der Waals surface area contributed by atoms with E-state index in [1.165, 1.54) is 13.2 Å². The zero-order chi connectivity index (χ0) is 20.5. The fourth-order valence-corrected chi connectivity index (χ4v) is 3.58. The predicted octanol–water partition coefficient (Wildman–Crippen LogP) is 1.18. The van der Waals surface area contributed by atoms with E-state index in [0.717, 1.165) is 23.5 Å². The third-order valence-electron chi connectivity index (χ3n) is 4.56. The van der Waals surface area contributed by atoms with Crippen molar-refractivity contribution >= 4 is 28.1 Å². The monoisotopic (exact) mass is 418 g/mol. The van der Waals surface area contributed by atoms with Gasteiger partial charge >= 0.3 is 5.63 Å². The summed E-state index contributed by atoms with van der Waals surface area (Å²) in [6, 6.07) is 2.96. The highest BCUT2D eigenvalue weighted by Crippen LogP contribution is 2.29. The Morgan fingerprint density at radius 1 is 1.41 bits per heavy atom. The van der Waals surface area contributed by atoms with E-state index in [9.17, 15) is 14.7 Å². The van der Waals surface area contributed by atoms with Crippen molar-refractivity contribution in [1.29, 1.82) is 0 Å². The van der Waals surface area contributed by atoms with E-state index < -0.39 is 17.6 Å². The summed E-state index contributed by atoms with van der Waals surface area (Å²) in [5.41, 5.74) is 0.346. The molecule has 0 radical (unpaired) electrons. The number of anilines is 2. The molecule has 0 unspecified atom stereocenters. The summed E-state index contributed by atoms with van der Waals surface area (Å²) in [5.74, 6) is -0.950. The van der Waals surface area contributed by atoms with E-state index >= 15 is 0 Å². The molecule has 3 N–H and O–H groups in total. The minimum Gasteiger partial charge on any atom is -0.488 e. The van der Waals surface area contributed by atoms with Crippen LogP contribution in [0, 0.1) is 6.92 Å². The van der Waals surface area contributed by atoms with Gasteiger partial charge < -0.3 is 19.6 Å². The maximum atomic E-state index is 12.6. The molecule has 29 heavy (non-hydrogen) atoms. The van der Waals surface area contributed by atoms with Crippen LogP contribution >= 0.6 is 11.3 Å². The minimum absolute atomic E-state index is 0.0620. The molecule has 152 valence electrons. The maximum absolute atomic E-state index is 12.6.